The van der Waals surface area contributed by atoms with Crippen molar-refractivity contribution in [1.82, 2.24) is 0 Å². The van der Waals surface area contributed by atoms with E-state index in [9.17, 15) is 9.59 Å². The third-order valence-electron chi connectivity index (χ3n) is 4.67. The zero-order valence-electron chi connectivity index (χ0n) is 16.4. The van der Waals surface area contributed by atoms with Gasteiger partial charge in [0, 0.05) is 0 Å². The maximum absolute atomic E-state index is 11.0. The van der Waals surface area contributed by atoms with Crippen molar-refractivity contribution in [1.29, 1.82) is 0 Å². The van der Waals surface area contributed by atoms with E-state index in [0.29, 0.717) is 12.8 Å². The Morgan fingerprint density at radius 2 is 1.16 bits per heavy atom. The van der Waals surface area contributed by atoms with Gasteiger partial charge in [0.2, 0.25) is 0 Å². The van der Waals surface area contributed by atoms with Gasteiger partial charge < -0.3 is 9.59 Å². The van der Waals surface area contributed by atoms with E-state index >= 15 is 0 Å². The molecule has 0 rings (SSSR count). The number of hydrogen-bond acceptors (Lipinski definition) is 2. The molecule has 142 valence electrons. The van der Waals surface area contributed by atoms with Crippen LogP contribution >= 0.6 is 0 Å². The Bertz CT molecular complexity index is 396. The molecule has 2 heteroatoms. The van der Waals surface area contributed by atoms with Gasteiger partial charge in [-0.05, 0) is 44.9 Å². The van der Waals surface area contributed by atoms with Crippen LogP contribution in [0.4, 0.5) is 0 Å². The Hall–Kier alpha value is -1.44. The van der Waals surface area contributed by atoms with Crippen LogP contribution in [0.1, 0.15) is 90.9 Å². The Morgan fingerprint density at radius 3 is 1.72 bits per heavy atom. The normalized spacial score (nSPS) is 12.6. The summed E-state index contributed by atoms with van der Waals surface area (Å²) in [5.74, 6) is 0. The average molecular weight is 347 g/mol. The molecule has 0 unspecified atom stereocenters. The number of hydrogen-bond donors (Lipinski definition) is 0. The van der Waals surface area contributed by atoms with Crippen LogP contribution in [-0.4, -0.2) is 12.6 Å². The van der Waals surface area contributed by atoms with Gasteiger partial charge in [-0.15, -0.1) is 0 Å². The van der Waals surface area contributed by atoms with Gasteiger partial charge in [-0.2, -0.15) is 0 Å². The molecule has 0 radical (unpaired) electrons. The lowest BCUT2D eigenvalue weighted by Crippen LogP contribution is -2.23. The lowest BCUT2D eigenvalue weighted by atomic mass is 9.83. The van der Waals surface area contributed by atoms with Crippen LogP contribution in [0.15, 0.2) is 36.5 Å². The summed E-state index contributed by atoms with van der Waals surface area (Å²) in [5, 5.41) is 0. The zero-order chi connectivity index (χ0) is 18.6. The second-order valence-corrected chi connectivity index (χ2v) is 6.78. The highest BCUT2D eigenvalue weighted by Crippen LogP contribution is 2.24. The van der Waals surface area contributed by atoms with E-state index in [4.69, 9.17) is 0 Å². The second kappa shape index (κ2) is 17.4. The first-order valence-corrected chi connectivity index (χ1v) is 10.1. The molecule has 0 aliphatic heterocycles. The van der Waals surface area contributed by atoms with Crippen LogP contribution in [0.3, 0.4) is 0 Å². The number of carbonyl (C=O) groups is 2. The first-order chi connectivity index (χ1) is 12.2. The molecule has 0 atom stereocenters. The third-order valence-corrected chi connectivity index (χ3v) is 4.67. The summed E-state index contributed by atoms with van der Waals surface area (Å²) in [4.78, 5) is 22.1. The summed E-state index contributed by atoms with van der Waals surface area (Å²) < 4.78 is 0. The quantitative estimate of drug-likeness (QED) is 0.126. The van der Waals surface area contributed by atoms with Crippen LogP contribution in [0, 0.1) is 5.41 Å². The fraction of sp³-hybridized carbons (Fsp3) is 0.652. The van der Waals surface area contributed by atoms with E-state index < -0.39 is 5.41 Å². The predicted molar refractivity (Wildman–Crippen MR) is 109 cm³/mol. The van der Waals surface area contributed by atoms with E-state index in [1.165, 1.54) is 32.1 Å². The molecular formula is C23H38O2. The van der Waals surface area contributed by atoms with Crippen LogP contribution in [0.2, 0.25) is 0 Å². The Kier molecular flexibility index (Phi) is 16.4. The van der Waals surface area contributed by atoms with Crippen molar-refractivity contribution >= 4 is 12.6 Å². The van der Waals surface area contributed by atoms with Gasteiger partial charge in [0.1, 0.15) is 12.6 Å². The monoisotopic (exact) mass is 346 g/mol. The minimum absolute atomic E-state index is 0.622. The van der Waals surface area contributed by atoms with Crippen molar-refractivity contribution in [3.05, 3.63) is 36.5 Å². The van der Waals surface area contributed by atoms with Crippen molar-refractivity contribution in [3.8, 4) is 0 Å². The van der Waals surface area contributed by atoms with Gasteiger partial charge in [0.05, 0.1) is 5.41 Å². The topological polar surface area (TPSA) is 34.1 Å². The molecule has 0 aliphatic carbocycles. The second-order valence-electron chi connectivity index (χ2n) is 6.78. The van der Waals surface area contributed by atoms with Crippen LogP contribution in [0.5, 0.6) is 0 Å². The average Bonchev–Trinajstić information content (AvgIpc) is 2.65. The van der Waals surface area contributed by atoms with Crippen molar-refractivity contribution in [2.75, 3.05) is 0 Å². The molecule has 0 amide bonds. The van der Waals surface area contributed by atoms with Gasteiger partial charge in [-0.3, -0.25) is 0 Å². The van der Waals surface area contributed by atoms with Gasteiger partial charge in [-0.1, -0.05) is 82.4 Å². The Balaban J connectivity index is 3.47. The summed E-state index contributed by atoms with van der Waals surface area (Å²) in [5.41, 5.74) is -0.717. The molecular weight excluding hydrogens is 308 g/mol. The van der Waals surface area contributed by atoms with Crippen molar-refractivity contribution in [2.24, 2.45) is 5.41 Å². The van der Waals surface area contributed by atoms with E-state index in [-0.39, 0.29) is 0 Å². The van der Waals surface area contributed by atoms with Crippen LogP contribution in [-0.2, 0) is 9.59 Å². The third kappa shape index (κ3) is 13.5. The summed E-state index contributed by atoms with van der Waals surface area (Å²) >= 11 is 0. The lowest BCUT2D eigenvalue weighted by molar-refractivity contribution is -0.127. The fourth-order valence-electron chi connectivity index (χ4n) is 2.74. The highest BCUT2D eigenvalue weighted by molar-refractivity contribution is 5.83. The molecule has 0 bridgehead atoms. The summed E-state index contributed by atoms with van der Waals surface area (Å²) in [7, 11) is 0. The fourth-order valence-corrected chi connectivity index (χ4v) is 2.74. The number of allylic oxidation sites excluding steroid dienone is 6. The molecule has 2 nitrogen and oxygen atoms in total. The first-order valence-electron chi connectivity index (χ1n) is 10.1. The van der Waals surface area contributed by atoms with Crippen molar-refractivity contribution in [2.45, 2.75) is 90.9 Å². The molecule has 0 aromatic rings. The molecule has 0 saturated heterocycles. The largest absolute Gasteiger partial charge is 0.302 e. The van der Waals surface area contributed by atoms with Crippen LogP contribution < -0.4 is 0 Å². The minimum Gasteiger partial charge on any atom is -0.302 e. The van der Waals surface area contributed by atoms with Gasteiger partial charge in [0.25, 0.3) is 0 Å². The number of rotatable bonds is 17. The van der Waals surface area contributed by atoms with E-state index in [0.717, 1.165) is 44.7 Å². The smallest absolute Gasteiger partial charge is 0.133 e. The Labute approximate surface area is 155 Å². The highest BCUT2D eigenvalue weighted by Gasteiger charge is 2.25. The van der Waals surface area contributed by atoms with E-state index in [1.807, 2.05) is 6.92 Å². The van der Waals surface area contributed by atoms with Crippen molar-refractivity contribution in [3.63, 3.8) is 0 Å². The summed E-state index contributed by atoms with van der Waals surface area (Å²) in [6.45, 7) is 4.07. The summed E-state index contributed by atoms with van der Waals surface area (Å²) in [6, 6.07) is 0. The van der Waals surface area contributed by atoms with Gasteiger partial charge in [-0.25, -0.2) is 0 Å². The first kappa shape index (κ1) is 23.6. The molecule has 0 saturated carbocycles. The molecule has 0 fully saturated rings. The maximum Gasteiger partial charge on any atom is 0.133 e. The standard InChI is InChI=1S/C23H38O2/c1-3-5-6-7-8-9-10-11-12-13-14-15-16-17-18-19-20-23(4-2,21-24)22-25/h5-6,8-9,11-12,21-22H,3-4,7,10,13-20H2,1-2H3/b6-5-,9-8-,12-11-. The zero-order valence-corrected chi connectivity index (χ0v) is 16.4. The number of unbranched alkanes of at least 4 members (excludes halogenated alkanes) is 6. The molecule has 25 heavy (non-hydrogen) atoms. The van der Waals surface area contributed by atoms with Gasteiger partial charge in [0.15, 0.2) is 0 Å². The molecule has 0 aromatic heterocycles. The highest BCUT2D eigenvalue weighted by atomic mass is 16.1. The molecule has 0 N–H and O–H groups in total. The minimum atomic E-state index is -0.717. The van der Waals surface area contributed by atoms with Crippen LogP contribution in [0.25, 0.3) is 0 Å². The number of aldehydes is 2. The Morgan fingerprint density at radius 1 is 0.640 bits per heavy atom. The predicted octanol–water partition coefficient (Wildman–Crippen LogP) is 6.76. The number of carbonyl (C=O) groups excluding carboxylic acids is 2. The molecule has 0 aromatic carbocycles. The lowest BCUT2D eigenvalue weighted by Gasteiger charge is -2.18. The van der Waals surface area contributed by atoms with E-state index in [1.54, 1.807) is 0 Å². The van der Waals surface area contributed by atoms with Gasteiger partial charge >= 0.3 is 0 Å². The maximum atomic E-state index is 11.0. The summed E-state index contributed by atoms with van der Waals surface area (Å²) in [6.07, 6.45) is 27.8. The van der Waals surface area contributed by atoms with Crippen molar-refractivity contribution < 1.29 is 9.59 Å². The SMILES string of the molecule is CC/C=C\C/C=C\C/C=C\CCCCCCCCC(C=O)(C=O)CC. The molecule has 0 aliphatic rings. The molecule has 0 heterocycles. The van der Waals surface area contributed by atoms with E-state index in [2.05, 4.69) is 43.4 Å². The molecule has 0 spiro atoms.